The van der Waals surface area contributed by atoms with Crippen molar-refractivity contribution >= 4 is 17.9 Å². The molecule has 0 heterocycles. The second kappa shape index (κ2) is 6.61. The van der Waals surface area contributed by atoms with Crippen LogP contribution in [0.2, 0.25) is 0 Å². The molecule has 4 rings (SSSR count). The average Bonchev–Trinajstić information content (AvgIpc) is 2.40. The fourth-order valence-corrected chi connectivity index (χ4v) is 5.54. The number of esters is 1. The lowest BCUT2D eigenvalue weighted by molar-refractivity contribution is -0.155. The molecule has 6 nitrogen and oxygen atoms in total. The summed E-state index contributed by atoms with van der Waals surface area (Å²) in [7, 11) is 0. The van der Waals surface area contributed by atoms with Gasteiger partial charge in [-0.1, -0.05) is 0 Å². The van der Waals surface area contributed by atoms with Gasteiger partial charge in [0.15, 0.2) is 6.61 Å². The molecular weight excluding hydrogens is 320 g/mol. The molecule has 4 bridgehead atoms. The van der Waals surface area contributed by atoms with E-state index < -0.39 is 24.1 Å². The molecule has 4 aliphatic rings. The summed E-state index contributed by atoms with van der Waals surface area (Å²) in [4.78, 5) is 35.6. The summed E-state index contributed by atoms with van der Waals surface area (Å²) in [5.41, 5.74) is -0.328. The molecule has 0 atom stereocenters. The van der Waals surface area contributed by atoms with Crippen molar-refractivity contribution in [3.8, 4) is 0 Å². The molecule has 0 aromatic rings. The minimum atomic E-state index is -0.597. The summed E-state index contributed by atoms with van der Waals surface area (Å²) in [6.45, 7) is 5.07. The zero-order chi connectivity index (χ0) is 18.2. The van der Waals surface area contributed by atoms with Gasteiger partial charge in [-0.25, -0.2) is 4.79 Å². The smallest absolute Gasteiger partial charge is 0.321 e. The van der Waals surface area contributed by atoms with E-state index in [1.165, 1.54) is 19.3 Å². The van der Waals surface area contributed by atoms with Crippen LogP contribution in [0.25, 0.3) is 0 Å². The molecule has 2 N–H and O–H groups in total. The number of nitrogens with one attached hydrogen (secondary N) is 2. The van der Waals surface area contributed by atoms with Gasteiger partial charge in [0.2, 0.25) is 0 Å². The average molecular weight is 350 g/mol. The van der Waals surface area contributed by atoms with Crippen LogP contribution in [0, 0.1) is 23.2 Å². The van der Waals surface area contributed by atoms with Crippen LogP contribution in [0.3, 0.4) is 0 Å². The van der Waals surface area contributed by atoms with Crippen LogP contribution in [-0.4, -0.2) is 30.1 Å². The predicted octanol–water partition coefficient (Wildman–Crippen LogP) is 2.76. The third kappa shape index (κ3) is 4.73. The monoisotopic (exact) mass is 350 g/mol. The van der Waals surface area contributed by atoms with Gasteiger partial charge in [0.1, 0.15) is 0 Å². The third-order valence-corrected chi connectivity index (χ3v) is 5.79. The van der Waals surface area contributed by atoms with Crippen molar-refractivity contribution in [2.24, 2.45) is 23.2 Å². The summed E-state index contributed by atoms with van der Waals surface area (Å²) in [5.74, 6) is 1.43. The quantitative estimate of drug-likeness (QED) is 0.764. The molecule has 0 aromatic carbocycles. The highest BCUT2D eigenvalue weighted by atomic mass is 16.5. The molecule has 3 amide bonds. The highest BCUT2D eigenvalue weighted by Crippen LogP contribution is 2.61. The highest BCUT2D eigenvalue weighted by Gasteiger charge is 2.51. The van der Waals surface area contributed by atoms with Gasteiger partial charge in [-0.05, 0) is 82.5 Å². The first kappa shape index (κ1) is 18.2. The van der Waals surface area contributed by atoms with E-state index in [0.717, 1.165) is 37.0 Å². The molecule has 0 aromatic heterocycles. The van der Waals surface area contributed by atoms with Gasteiger partial charge < -0.3 is 10.1 Å². The van der Waals surface area contributed by atoms with E-state index in [-0.39, 0.29) is 11.4 Å². The first-order chi connectivity index (χ1) is 11.6. The van der Waals surface area contributed by atoms with Crippen molar-refractivity contribution in [1.29, 1.82) is 0 Å². The van der Waals surface area contributed by atoms with Crippen molar-refractivity contribution < 1.29 is 19.1 Å². The summed E-state index contributed by atoms with van der Waals surface area (Å²) in [6.07, 6.45) is 7.81. The Morgan fingerprint density at radius 3 is 2.00 bits per heavy atom. The summed E-state index contributed by atoms with van der Waals surface area (Å²) in [6, 6.07) is -0.574. The number of amides is 3. The normalized spacial score (nSPS) is 33.0. The fraction of sp³-hybridized carbons (Fsp3) is 0.842. The molecule has 140 valence electrons. The molecule has 0 unspecified atom stereocenters. The number of urea groups is 1. The number of hydrogen-bond donors (Lipinski definition) is 2. The largest absolute Gasteiger partial charge is 0.456 e. The Hall–Kier alpha value is -1.59. The molecule has 4 saturated carbocycles. The number of carbonyl (C=O) groups excluding carboxylic acids is 3. The molecular formula is C19H30N2O4. The minimum Gasteiger partial charge on any atom is -0.456 e. The molecule has 4 aliphatic carbocycles. The lowest BCUT2D eigenvalue weighted by Crippen LogP contribution is -2.49. The lowest BCUT2D eigenvalue weighted by atomic mass is 9.49. The van der Waals surface area contributed by atoms with Crippen molar-refractivity contribution in [2.75, 3.05) is 6.61 Å². The Morgan fingerprint density at radius 1 is 1.00 bits per heavy atom. The summed E-state index contributed by atoms with van der Waals surface area (Å²) in [5, 5.41) is 4.81. The Balaban J connectivity index is 1.43. The molecule has 25 heavy (non-hydrogen) atoms. The zero-order valence-corrected chi connectivity index (χ0v) is 15.5. The topological polar surface area (TPSA) is 84.5 Å². The van der Waals surface area contributed by atoms with Gasteiger partial charge >= 0.3 is 12.0 Å². The molecule has 0 spiro atoms. The molecule has 4 fully saturated rings. The van der Waals surface area contributed by atoms with Crippen LogP contribution in [0.1, 0.15) is 65.7 Å². The maximum atomic E-state index is 12.2. The first-order valence-corrected chi connectivity index (χ1v) is 9.40. The maximum Gasteiger partial charge on any atom is 0.321 e. The fourth-order valence-electron chi connectivity index (χ4n) is 5.54. The van der Waals surface area contributed by atoms with Crippen molar-refractivity contribution in [3.05, 3.63) is 0 Å². The molecule has 0 radical (unpaired) electrons. The Labute approximate surface area is 149 Å². The number of rotatable bonds is 4. The number of ether oxygens (including phenoxy) is 1. The Morgan fingerprint density at radius 2 is 1.52 bits per heavy atom. The van der Waals surface area contributed by atoms with Gasteiger partial charge in [0.05, 0.1) is 6.42 Å². The molecule has 6 heteroatoms. The highest BCUT2D eigenvalue weighted by molar-refractivity contribution is 5.95. The number of hydrogen-bond acceptors (Lipinski definition) is 4. The lowest BCUT2D eigenvalue weighted by Gasteiger charge is -2.56. The van der Waals surface area contributed by atoms with Crippen LogP contribution >= 0.6 is 0 Å². The van der Waals surface area contributed by atoms with Crippen LogP contribution in [-0.2, 0) is 14.3 Å². The maximum absolute atomic E-state index is 12.2. The van der Waals surface area contributed by atoms with Gasteiger partial charge in [-0.15, -0.1) is 0 Å². The summed E-state index contributed by atoms with van der Waals surface area (Å²) < 4.78 is 5.14. The second-order valence-corrected chi connectivity index (χ2v) is 9.51. The minimum absolute atomic E-state index is 0.103. The van der Waals surface area contributed by atoms with Crippen LogP contribution in [0.5, 0.6) is 0 Å². The molecule has 0 aliphatic heterocycles. The van der Waals surface area contributed by atoms with Crippen LogP contribution in [0.15, 0.2) is 0 Å². The zero-order valence-electron chi connectivity index (χ0n) is 15.5. The van der Waals surface area contributed by atoms with Crippen LogP contribution < -0.4 is 10.6 Å². The SMILES string of the molecule is CC(C)(C)NC(=O)NC(=O)COC(=O)CC12CC3CC(CC(C3)C1)C2. The van der Waals surface area contributed by atoms with E-state index in [9.17, 15) is 14.4 Å². The van der Waals surface area contributed by atoms with E-state index in [1.54, 1.807) is 0 Å². The van der Waals surface area contributed by atoms with Crippen LogP contribution in [0.4, 0.5) is 4.79 Å². The van der Waals surface area contributed by atoms with Crippen molar-refractivity contribution in [3.63, 3.8) is 0 Å². The molecule has 0 saturated heterocycles. The standard InChI is InChI=1S/C19H30N2O4/c1-18(2,3)21-17(24)20-15(22)11-25-16(23)10-19-7-12-4-13(8-19)6-14(5-12)9-19/h12-14H,4-11H2,1-3H3,(H2,20,21,22,24). The van der Waals surface area contributed by atoms with E-state index in [2.05, 4.69) is 10.6 Å². The van der Waals surface area contributed by atoms with Gasteiger partial charge in [-0.3, -0.25) is 14.9 Å². The predicted molar refractivity (Wildman–Crippen MR) is 92.6 cm³/mol. The Kier molecular flexibility index (Phi) is 4.82. The van der Waals surface area contributed by atoms with Gasteiger partial charge in [0, 0.05) is 5.54 Å². The van der Waals surface area contributed by atoms with E-state index >= 15 is 0 Å². The number of carbonyl (C=O) groups is 3. The first-order valence-electron chi connectivity index (χ1n) is 9.40. The van der Waals surface area contributed by atoms with E-state index in [4.69, 9.17) is 4.74 Å². The van der Waals surface area contributed by atoms with Gasteiger partial charge in [-0.2, -0.15) is 0 Å². The van der Waals surface area contributed by atoms with Crippen molar-refractivity contribution in [1.82, 2.24) is 10.6 Å². The second-order valence-electron chi connectivity index (χ2n) is 9.51. The third-order valence-electron chi connectivity index (χ3n) is 5.79. The van der Waals surface area contributed by atoms with E-state index in [0.29, 0.717) is 6.42 Å². The summed E-state index contributed by atoms with van der Waals surface area (Å²) >= 11 is 0. The van der Waals surface area contributed by atoms with Crippen molar-refractivity contribution in [2.45, 2.75) is 71.3 Å². The number of imide groups is 1. The Bertz CT molecular complexity index is 529. The van der Waals surface area contributed by atoms with E-state index in [1.807, 2.05) is 20.8 Å². The van der Waals surface area contributed by atoms with Gasteiger partial charge in [0.25, 0.3) is 5.91 Å².